The molecular formula is C16H16F2KN3O4S. The van der Waals surface area contributed by atoms with E-state index in [2.05, 4.69) is 19.7 Å². The van der Waals surface area contributed by atoms with Crippen molar-refractivity contribution in [3.8, 4) is 17.2 Å². The fourth-order valence-electron chi connectivity index (χ4n) is 2.40. The van der Waals surface area contributed by atoms with E-state index in [0.29, 0.717) is 28.2 Å². The van der Waals surface area contributed by atoms with E-state index in [1.54, 1.807) is 6.07 Å². The van der Waals surface area contributed by atoms with Crippen molar-refractivity contribution < 1.29 is 27.5 Å². The molecular weight excluding hydrogens is 407 g/mol. The van der Waals surface area contributed by atoms with E-state index in [1.165, 1.54) is 38.6 Å². The number of pyridine rings is 1. The van der Waals surface area contributed by atoms with Crippen molar-refractivity contribution in [3.05, 3.63) is 36.2 Å². The van der Waals surface area contributed by atoms with Crippen molar-refractivity contribution in [2.24, 2.45) is 0 Å². The molecule has 0 radical (unpaired) electrons. The van der Waals surface area contributed by atoms with Gasteiger partial charge in [0.1, 0.15) is 11.4 Å². The first-order valence-electron chi connectivity index (χ1n) is 7.40. The zero-order valence-electron chi connectivity index (χ0n) is 13.9. The first-order valence-corrected chi connectivity index (χ1v) is 8.72. The Bertz CT molecular complexity index is 913. The monoisotopic (exact) mass is 423 g/mol. The molecule has 3 aromatic rings. The first kappa shape index (κ1) is 22.3. The van der Waals surface area contributed by atoms with Crippen LogP contribution in [0.3, 0.4) is 0 Å². The molecule has 140 valence electrons. The van der Waals surface area contributed by atoms with Crippen LogP contribution in [0.4, 0.5) is 8.78 Å². The normalized spacial score (nSPS) is 11.9. The second kappa shape index (κ2) is 10.0. The van der Waals surface area contributed by atoms with E-state index in [4.69, 9.17) is 9.47 Å². The molecule has 27 heavy (non-hydrogen) atoms. The van der Waals surface area contributed by atoms with Crippen LogP contribution < -0.4 is 14.2 Å². The summed E-state index contributed by atoms with van der Waals surface area (Å²) >= 11 is -1.56. The molecule has 1 aromatic carbocycles. The molecule has 0 unspecified atom stereocenters. The number of benzene rings is 1. The average molecular weight is 423 g/mol. The Morgan fingerprint density at radius 2 is 2.00 bits per heavy atom. The number of hydrogen-bond acceptors (Lipinski definition) is 6. The Kier molecular flexibility index (Phi) is 8.28. The number of hydrogen-bond donors (Lipinski definition) is 1. The van der Waals surface area contributed by atoms with Crippen molar-refractivity contribution in [1.29, 1.82) is 0 Å². The molecule has 0 saturated carbocycles. The fraction of sp³-hybridized carbons (Fsp3) is 0.250. The zero-order valence-corrected chi connectivity index (χ0v) is 14.7. The summed E-state index contributed by atoms with van der Waals surface area (Å²) in [5.41, 5.74) is 1.38. The van der Waals surface area contributed by atoms with E-state index < -0.39 is 17.8 Å². The van der Waals surface area contributed by atoms with Gasteiger partial charge in [-0.25, -0.2) is 0 Å². The molecule has 0 aliphatic rings. The molecule has 0 amide bonds. The van der Waals surface area contributed by atoms with Crippen LogP contribution in [0.25, 0.3) is 11.0 Å². The molecule has 0 bridgehead atoms. The summed E-state index contributed by atoms with van der Waals surface area (Å²) in [7, 11) is 2.97. The Morgan fingerprint density at radius 3 is 2.67 bits per heavy atom. The zero-order chi connectivity index (χ0) is 18.7. The number of H-pyrrole nitrogens is 1. The van der Waals surface area contributed by atoms with Crippen LogP contribution in [0.2, 0.25) is 0 Å². The van der Waals surface area contributed by atoms with Gasteiger partial charge in [0.2, 0.25) is 0 Å². The number of alkyl halides is 2. The standard InChI is InChI=1S/C16H15F2N3O4S.K.H/c1-23-13-5-6-19-12(14(13)24-2)8-26(22)16-20-10-4-3-9(25-15(17)18)7-11(10)21-16;;/h3-7,15H,8H2,1-2H3,(H,20,21);;/t26-;;/m0../s1. The van der Waals surface area contributed by atoms with Crippen LogP contribution in [0.1, 0.15) is 5.69 Å². The summed E-state index contributed by atoms with van der Waals surface area (Å²) in [4.78, 5) is 11.3. The third kappa shape index (κ3) is 5.31. The molecule has 0 spiro atoms. The first-order chi connectivity index (χ1) is 12.5. The maximum absolute atomic E-state index is 12.6. The molecule has 0 saturated heterocycles. The molecule has 7 nitrogen and oxygen atoms in total. The molecule has 3 rings (SSSR count). The van der Waals surface area contributed by atoms with Gasteiger partial charge in [0.05, 0.1) is 25.3 Å². The van der Waals surface area contributed by atoms with Crippen molar-refractivity contribution in [2.75, 3.05) is 14.2 Å². The molecule has 11 heteroatoms. The van der Waals surface area contributed by atoms with Gasteiger partial charge in [-0.1, -0.05) is 0 Å². The summed E-state index contributed by atoms with van der Waals surface area (Å²) in [5, 5.41) is 0.195. The summed E-state index contributed by atoms with van der Waals surface area (Å²) in [6.07, 6.45) is 1.53. The number of aromatic nitrogens is 3. The van der Waals surface area contributed by atoms with Crippen molar-refractivity contribution in [3.63, 3.8) is 0 Å². The number of aromatic amines is 1. The van der Waals surface area contributed by atoms with Gasteiger partial charge in [0.25, 0.3) is 0 Å². The van der Waals surface area contributed by atoms with Crippen LogP contribution in [0.15, 0.2) is 35.6 Å². The van der Waals surface area contributed by atoms with Crippen LogP contribution in [0, 0.1) is 0 Å². The topological polar surface area (TPSA) is 92.3 Å². The predicted octanol–water partition coefficient (Wildman–Crippen LogP) is 2.24. The van der Waals surface area contributed by atoms with E-state index in [1.807, 2.05) is 0 Å². The quantitative estimate of drug-likeness (QED) is 0.463. The third-order valence-corrected chi connectivity index (χ3v) is 4.67. The second-order valence-corrected chi connectivity index (χ2v) is 6.45. The summed E-state index contributed by atoms with van der Waals surface area (Å²) in [6.45, 7) is -2.92. The van der Waals surface area contributed by atoms with E-state index in [9.17, 15) is 13.3 Å². The van der Waals surface area contributed by atoms with Crippen LogP contribution in [-0.2, 0) is 16.9 Å². The van der Waals surface area contributed by atoms with E-state index >= 15 is 0 Å². The minimum atomic E-state index is -2.92. The van der Waals surface area contributed by atoms with Gasteiger partial charge in [-0.3, -0.25) is 9.97 Å². The molecule has 2 heterocycles. The Morgan fingerprint density at radius 1 is 1.22 bits per heavy atom. The Balaban J connectivity index is 0.00000261. The number of imidazole rings is 1. The maximum atomic E-state index is 12.6. The van der Waals surface area contributed by atoms with Gasteiger partial charge >= 0.3 is 63.2 Å². The van der Waals surface area contributed by atoms with Crippen LogP contribution >= 0.6 is 0 Å². The SMILES string of the molecule is COc1ccnc(C[S@+]([O-])c2nc3ccc(OC(F)F)cc3[nH]2)c1OC.[KH]. The minimum absolute atomic E-state index is 0. The number of halogens is 2. The number of nitrogens with one attached hydrogen (secondary N) is 1. The van der Waals surface area contributed by atoms with Gasteiger partial charge in [0, 0.05) is 29.5 Å². The van der Waals surface area contributed by atoms with Gasteiger partial charge in [0.15, 0.2) is 17.3 Å². The molecule has 1 N–H and O–H groups in total. The molecule has 0 aliphatic carbocycles. The number of rotatable bonds is 7. The average Bonchev–Trinajstić information content (AvgIpc) is 3.04. The predicted molar refractivity (Wildman–Crippen MR) is 97.3 cm³/mol. The fourth-order valence-corrected chi connectivity index (χ4v) is 3.41. The van der Waals surface area contributed by atoms with Gasteiger partial charge in [-0.2, -0.15) is 13.8 Å². The van der Waals surface area contributed by atoms with Crippen LogP contribution in [-0.4, -0.2) is 91.7 Å². The van der Waals surface area contributed by atoms with Gasteiger partial charge < -0.3 is 18.8 Å². The molecule has 2 aromatic heterocycles. The molecule has 0 fully saturated rings. The number of ether oxygens (including phenoxy) is 3. The third-order valence-electron chi connectivity index (χ3n) is 3.51. The summed E-state index contributed by atoms with van der Waals surface area (Å²) < 4.78 is 52.1. The van der Waals surface area contributed by atoms with Gasteiger partial charge in [-0.05, 0) is 12.1 Å². The molecule has 0 aliphatic heterocycles. The Hall–Kier alpha value is -0.954. The van der Waals surface area contributed by atoms with E-state index in [0.717, 1.165) is 0 Å². The second-order valence-electron chi connectivity index (χ2n) is 5.08. The van der Waals surface area contributed by atoms with Crippen molar-refractivity contribution in [1.82, 2.24) is 15.0 Å². The number of nitrogens with zero attached hydrogens (tertiary/aromatic N) is 2. The van der Waals surface area contributed by atoms with Crippen LogP contribution in [0.5, 0.6) is 17.2 Å². The van der Waals surface area contributed by atoms with Crippen molar-refractivity contribution in [2.45, 2.75) is 17.5 Å². The number of methoxy groups -OCH3 is 2. The number of fused-ring (bicyclic) bond motifs is 1. The molecule has 1 atom stereocenters. The summed E-state index contributed by atoms with van der Waals surface area (Å²) in [6, 6.07) is 5.89. The summed E-state index contributed by atoms with van der Waals surface area (Å²) in [5.74, 6) is 0.908. The van der Waals surface area contributed by atoms with Gasteiger partial charge in [-0.15, -0.1) is 0 Å². The van der Waals surface area contributed by atoms with Crippen molar-refractivity contribution >= 4 is 73.6 Å². The van der Waals surface area contributed by atoms with E-state index in [-0.39, 0.29) is 68.0 Å². The Labute approximate surface area is 199 Å².